The fourth-order valence-corrected chi connectivity index (χ4v) is 1.78. The second-order valence-corrected chi connectivity index (χ2v) is 4.95. The summed E-state index contributed by atoms with van der Waals surface area (Å²) in [5.74, 6) is -0.200. The minimum absolute atomic E-state index is 0.147. The number of hydrogen-bond acceptors (Lipinski definition) is 7. The molecule has 0 atom stereocenters. The SMILES string of the molecule is CCOC(=O)C(C)(C)Oc1cccc(-c2ncncn2)c1O. The summed E-state index contributed by atoms with van der Waals surface area (Å²) >= 11 is 0. The average Bonchev–Trinajstić information content (AvgIpc) is 2.50. The molecule has 0 aliphatic carbocycles. The van der Waals surface area contributed by atoms with E-state index in [4.69, 9.17) is 9.47 Å². The van der Waals surface area contributed by atoms with Crippen molar-refractivity contribution in [2.24, 2.45) is 0 Å². The molecule has 0 unspecified atom stereocenters. The van der Waals surface area contributed by atoms with E-state index in [-0.39, 0.29) is 18.1 Å². The van der Waals surface area contributed by atoms with Crippen LogP contribution < -0.4 is 4.74 Å². The lowest BCUT2D eigenvalue weighted by molar-refractivity contribution is -0.158. The van der Waals surface area contributed by atoms with Gasteiger partial charge in [-0.3, -0.25) is 0 Å². The van der Waals surface area contributed by atoms with Gasteiger partial charge in [-0.15, -0.1) is 0 Å². The lowest BCUT2D eigenvalue weighted by atomic mass is 10.1. The molecule has 0 aliphatic heterocycles. The van der Waals surface area contributed by atoms with Gasteiger partial charge in [-0.1, -0.05) is 6.07 Å². The number of aromatic nitrogens is 3. The second kappa shape index (κ2) is 6.38. The number of carbonyl (C=O) groups is 1. The molecular weight excluding hydrogens is 286 g/mol. The van der Waals surface area contributed by atoms with Crippen molar-refractivity contribution in [3.8, 4) is 22.9 Å². The van der Waals surface area contributed by atoms with Crippen LogP contribution in [0.15, 0.2) is 30.9 Å². The van der Waals surface area contributed by atoms with E-state index in [1.807, 2.05) is 0 Å². The van der Waals surface area contributed by atoms with E-state index in [0.29, 0.717) is 11.4 Å². The number of ether oxygens (including phenoxy) is 2. The normalized spacial score (nSPS) is 11.0. The molecule has 0 radical (unpaired) electrons. The molecule has 0 aliphatic rings. The van der Waals surface area contributed by atoms with Crippen LogP contribution in [0.1, 0.15) is 20.8 Å². The zero-order valence-corrected chi connectivity index (χ0v) is 12.6. The molecule has 1 aromatic heterocycles. The van der Waals surface area contributed by atoms with Crippen molar-refractivity contribution >= 4 is 5.97 Å². The summed E-state index contributed by atoms with van der Waals surface area (Å²) in [6, 6.07) is 4.88. The third-order valence-corrected chi connectivity index (χ3v) is 2.87. The Morgan fingerprint density at radius 3 is 2.59 bits per heavy atom. The third kappa shape index (κ3) is 3.30. The standard InChI is InChI=1S/C15H17N3O4/c1-4-21-14(20)15(2,3)22-11-7-5-6-10(12(11)19)13-17-8-16-9-18-13/h5-9,19H,4H2,1-3H3. The molecule has 0 saturated heterocycles. The number of benzene rings is 1. The second-order valence-electron chi connectivity index (χ2n) is 4.95. The summed E-state index contributed by atoms with van der Waals surface area (Å²) in [7, 11) is 0. The van der Waals surface area contributed by atoms with Crippen molar-refractivity contribution in [1.82, 2.24) is 15.0 Å². The molecule has 22 heavy (non-hydrogen) atoms. The van der Waals surface area contributed by atoms with Gasteiger partial charge in [0.2, 0.25) is 0 Å². The number of para-hydroxylation sites is 1. The Balaban J connectivity index is 2.32. The van der Waals surface area contributed by atoms with Crippen LogP contribution in [-0.2, 0) is 9.53 Å². The molecule has 1 N–H and O–H groups in total. The number of rotatable bonds is 5. The molecule has 2 rings (SSSR count). The first-order valence-corrected chi connectivity index (χ1v) is 6.76. The van der Waals surface area contributed by atoms with Crippen LogP contribution in [-0.4, -0.2) is 38.2 Å². The van der Waals surface area contributed by atoms with Crippen molar-refractivity contribution < 1.29 is 19.4 Å². The number of aromatic hydroxyl groups is 1. The van der Waals surface area contributed by atoms with Crippen molar-refractivity contribution in [3.05, 3.63) is 30.9 Å². The number of esters is 1. The maximum atomic E-state index is 11.9. The molecule has 0 bridgehead atoms. The van der Waals surface area contributed by atoms with Crippen molar-refractivity contribution in [2.45, 2.75) is 26.4 Å². The van der Waals surface area contributed by atoms with Gasteiger partial charge in [-0.25, -0.2) is 19.7 Å². The van der Waals surface area contributed by atoms with Crippen LogP contribution in [0, 0.1) is 0 Å². The highest BCUT2D eigenvalue weighted by molar-refractivity contribution is 5.79. The Kier molecular flexibility index (Phi) is 4.55. The zero-order chi connectivity index (χ0) is 16.2. The highest BCUT2D eigenvalue weighted by Crippen LogP contribution is 2.37. The van der Waals surface area contributed by atoms with Gasteiger partial charge >= 0.3 is 5.97 Å². The Hall–Kier alpha value is -2.70. The van der Waals surface area contributed by atoms with Gasteiger partial charge in [-0.05, 0) is 32.9 Å². The molecule has 7 nitrogen and oxygen atoms in total. The Bertz CT molecular complexity index is 659. The van der Waals surface area contributed by atoms with Gasteiger partial charge in [0, 0.05) is 0 Å². The predicted octanol–water partition coefficient (Wildman–Crippen LogP) is 1.96. The minimum Gasteiger partial charge on any atom is -0.504 e. The van der Waals surface area contributed by atoms with E-state index >= 15 is 0 Å². The number of phenols is 1. The van der Waals surface area contributed by atoms with Gasteiger partial charge in [0.25, 0.3) is 0 Å². The Labute approximate surface area is 128 Å². The van der Waals surface area contributed by atoms with Gasteiger partial charge < -0.3 is 14.6 Å². The van der Waals surface area contributed by atoms with Crippen LogP contribution in [0.3, 0.4) is 0 Å². The first-order chi connectivity index (χ1) is 10.5. The van der Waals surface area contributed by atoms with Crippen LogP contribution in [0.5, 0.6) is 11.5 Å². The number of nitrogens with zero attached hydrogens (tertiary/aromatic N) is 3. The molecule has 0 spiro atoms. The largest absolute Gasteiger partial charge is 0.504 e. The fraction of sp³-hybridized carbons (Fsp3) is 0.333. The van der Waals surface area contributed by atoms with Gasteiger partial charge in [-0.2, -0.15) is 0 Å². The Morgan fingerprint density at radius 1 is 1.27 bits per heavy atom. The molecular formula is C15H17N3O4. The van der Waals surface area contributed by atoms with E-state index in [2.05, 4.69) is 15.0 Å². The highest BCUT2D eigenvalue weighted by Gasteiger charge is 2.32. The van der Waals surface area contributed by atoms with E-state index in [1.54, 1.807) is 39.0 Å². The lowest BCUT2D eigenvalue weighted by Gasteiger charge is -2.24. The van der Waals surface area contributed by atoms with Gasteiger partial charge in [0.1, 0.15) is 12.7 Å². The van der Waals surface area contributed by atoms with E-state index in [0.717, 1.165) is 0 Å². The molecule has 0 amide bonds. The topological polar surface area (TPSA) is 94.4 Å². The van der Waals surface area contributed by atoms with Gasteiger partial charge in [0.05, 0.1) is 12.2 Å². The number of phenolic OH excluding ortho intramolecular Hbond substituents is 1. The van der Waals surface area contributed by atoms with E-state index < -0.39 is 11.6 Å². The van der Waals surface area contributed by atoms with Crippen LogP contribution in [0.25, 0.3) is 11.4 Å². The summed E-state index contributed by atoms with van der Waals surface area (Å²) in [4.78, 5) is 23.6. The quantitative estimate of drug-likeness (QED) is 0.844. The van der Waals surface area contributed by atoms with Crippen molar-refractivity contribution in [2.75, 3.05) is 6.61 Å². The minimum atomic E-state index is -1.23. The molecule has 2 aromatic rings. The maximum absolute atomic E-state index is 11.9. The fourth-order valence-electron chi connectivity index (χ4n) is 1.78. The zero-order valence-electron chi connectivity index (χ0n) is 12.6. The summed E-state index contributed by atoms with van der Waals surface area (Å²) in [5, 5.41) is 10.3. The highest BCUT2D eigenvalue weighted by atomic mass is 16.6. The van der Waals surface area contributed by atoms with Crippen LogP contribution in [0.4, 0.5) is 0 Å². The van der Waals surface area contributed by atoms with Crippen molar-refractivity contribution in [1.29, 1.82) is 0 Å². The molecule has 116 valence electrons. The molecule has 1 aromatic carbocycles. The number of carbonyl (C=O) groups excluding carboxylic acids is 1. The first-order valence-electron chi connectivity index (χ1n) is 6.76. The molecule has 1 heterocycles. The predicted molar refractivity (Wildman–Crippen MR) is 78.3 cm³/mol. The average molecular weight is 303 g/mol. The summed E-state index contributed by atoms with van der Waals surface area (Å²) in [6.07, 6.45) is 2.66. The van der Waals surface area contributed by atoms with E-state index in [1.165, 1.54) is 12.7 Å². The summed E-state index contributed by atoms with van der Waals surface area (Å²) in [5.41, 5.74) is -0.842. The molecule has 7 heteroatoms. The Morgan fingerprint density at radius 2 is 1.95 bits per heavy atom. The smallest absolute Gasteiger partial charge is 0.349 e. The van der Waals surface area contributed by atoms with Crippen molar-refractivity contribution in [3.63, 3.8) is 0 Å². The van der Waals surface area contributed by atoms with E-state index in [9.17, 15) is 9.90 Å². The van der Waals surface area contributed by atoms with Gasteiger partial charge in [0.15, 0.2) is 22.9 Å². The summed E-state index contributed by atoms with van der Waals surface area (Å²) in [6.45, 7) is 5.11. The molecule has 0 saturated carbocycles. The summed E-state index contributed by atoms with van der Waals surface area (Å²) < 4.78 is 10.6. The number of hydrogen-bond donors (Lipinski definition) is 1. The molecule has 0 fully saturated rings. The third-order valence-electron chi connectivity index (χ3n) is 2.87. The van der Waals surface area contributed by atoms with Crippen LogP contribution >= 0.6 is 0 Å². The monoisotopic (exact) mass is 303 g/mol. The first kappa shape index (κ1) is 15.7. The lowest BCUT2D eigenvalue weighted by Crippen LogP contribution is -2.39. The maximum Gasteiger partial charge on any atom is 0.349 e. The van der Waals surface area contributed by atoms with Crippen LogP contribution in [0.2, 0.25) is 0 Å².